The highest BCUT2D eigenvalue weighted by atomic mass is 16.6. The van der Waals surface area contributed by atoms with Gasteiger partial charge in [-0.05, 0) is 18.1 Å². The van der Waals surface area contributed by atoms with Crippen LogP contribution in [-0.2, 0) is 22.7 Å². The molecule has 3 rings (SSSR count). The molecule has 1 heterocycles. The molecule has 0 saturated carbocycles. The third-order valence-electron chi connectivity index (χ3n) is 2.70. The van der Waals surface area contributed by atoms with E-state index in [0.29, 0.717) is 13.2 Å². The summed E-state index contributed by atoms with van der Waals surface area (Å²) in [5.41, 5.74) is 2.10. The molecule has 126 valence electrons. The molecule has 1 saturated heterocycles. The highest BCUT2D eigenvalue weighted by Gasteiger charge is 1.95. The smallest absolute Gasteiger partial charge is 0.0745 e. The molecule has 23 heavy (non-hydrogen) atoms. The molecule has 2 aromatic carbocycles. The molecule has 2 aromatic rings. The van der Waals surface area contributed by atoms with Crippen LogP contribution in [-0.4, -0.2) is 36.1 Å². The number of hydrogen-bond donors (Lipinski definition) is 2. The molecule has 4 nitrogen and oxygen atoms in total. The second kappa shape index (κ2) is 12.8. The molecular weight excluding hydrogens is 292 g/mol. The van der Waals surface area contributed by atoms with E-state index < -0.39 is 0 Å². The van der Waals surface area contributed by atoms with Crippen LogP contribution in [0.1, 0.15) is 18.1 Å². The van der Waals surface area contributed by atoms with Crippen LogP contribution >= 0.6 is 0 Å². The van der Waals surface area contributed by atoms with E-state index in [2.05, 4.69) is 4.74 Å². The summed E-state index contributed by atoms with van der Waals surface area (Å²) < 4.78 is 9.73. The molecule has 0 spiro atoms. The maximum atomic E-state index is 8.91. The fourth-order valence-electron chi connectivity index (χ4n) is 1.50. The minimum Gasteiger partial charge on any atom is -0.392 e. The number of epoxide rings is 1. The summed E-state index contributed by atoms with van der Waals surface area (Å²) >= 11 is 0. The molecule has 1 fully saturated rings. The van der Waals surface area contributed by atoms with Crippen LogP contribution in [0.25, 0.3) is 0 Å². The molecule has 0 radical (unpaired) electrons. The van der Waals surface area contributed by atoms with Gasteiger partial charge < -0.3 is 19.7 Å². The van der Waals surface area contributed by atoms with Gasteiger partial charge in [0.05, 0.1) is 39.1 Å². The zero-order valence-corrected chi connectivity index (χ0v) is 13.6. The van der Waals surface area contributed by atoms with E-state index in [-0.39, 0.29) is 12.7 Å². The Hall–Kier alpha value is -1.72. The number of benzene rings is 2. The van der Waals surface area contributed by atoms with Crippen LogP contribution in [0.2, 0.25) is 0 Å². The van der Waals surface area contributed by atoms with E-state index in [0.717, 1.165) is 24.3 Å². The van der Waals surface area contributed by atoms with Gasteiger partial charge in [0.15, 0.2) is 0 Å². The predicted octanol–water partition coefficient (Wildman–Crippen LogP) is 2.78. The lowest BCUT2D eigenvalue weighted by atomic mass is 10.2. The number of hydrogen-bond acceptors (Lipinski definition) is 4. The third-order valence-corrected chi connectivity index (χ3v) is 2.70. The quantitative estimate of drug-likeness (QED) is 0.832. The molecule has 0 aromatic heterocycles. The highest BCUT2D eigenvalue weighted by molar-refractivity contribution is 5.13. The summed E-state index contributed by atoms with van der Waals surface area (Å²) in [6.07, 6.45) is -0.381. The molecule has 2 N–H and O–H groups in total. The first-order chi connectivity index (χ1) is 11.2. The van der Waals surface area contributed by atoms with Gasteiger partial charge in [0, 0.05) is 0 Å². The van der Waals surface area contributed by atoms with E-state index in [4.69, 9.17) is 14.9 Å². The predicted molar refractivity (Wildman–Crippen MR) is 91.0 cm³/mol. The maximum absolute atomic E-state index is 8.91. The van der Waals surface area contributed by atoms with Crippen molar-refractivity contribution in [3.63, 3.8) is 0 Å². The van der Waals surface area contributed by atoms with Crippen LogP contribution < -0.4 is 0 Å². The van der Waals surface area contributed by atoms with Crippen molar-refractivity contribution < 1.29 is 19.7 Å². The monoisotopic (exact) mass is 318 g/mol. The lowest BCUT2D eigenvalue weighted by Crippen LogP contribution is -2.09. The molecule has 0 bridgehead atoms. The average Bonchev–Trinajstić information content (AvgIpc) is 3.46. The number of aliphatic hydroxyl groups excluding tert-OH is 2. The van der Waals surface area contributed by atoms with Crippen LogP contribution in [0.4, 0.5) is 0 Å². The Bertz CT molecular complexity index is 480. The Morgan fingerprint density at radius 2 is 1.43 bits per heavy atom. The Labute approximate surface area is 138 Å². The molecule has 4 heteroatoms. The Kier molecular flexibility index (Phi) is 10.7. The molecule has 0 amide bonds. The largest absolute Gasteiger partial charge is 0.392 e. The fourth-order valence-corrected chi connectivity index (χ4v) is 1.50. The van der Waals surface area contributed by atoms with Crippen LogP contribution in [0, 0.1) is 0 Å². The Morgan fingerprint density at radius 1 is 0.957 bits per heavy atom. The van der Waals surface area contributed by atoms with Crippen LogP contribution in [0.3, 0.4) is 0 Å². The third kappa shape index (κ3) is 12.5. The summed E-state index contributed by atoms with van der Waals surface area (Å²) in [5.74, 6) is 0. The standard InChI is InChI=1S/C10H14O2.C7H8O.C2H4O/c1-9(11)7-12-8-10-5-3-2-4-6-10;8-6-7-4-2-1-3-5-7;1-2-3-1/h2-6,9,11H,7-8H2,1H3;1-5,8H,6H2;1-2H2. The average molecular weight is 318 g/mol. The minimum absolute atomic E-state index is 0.140. The summed E-state index contributed by atoms with van der Waals surface area (Å²) in [6.45, 7) is 4.83. The zero-order chi connectivity index (χ0) is 16.8. The van der Waals surface area contributed by atoms with Crippen molar-refractivity contribution in [2.24, 2.45) is 0 Å². The second-order valence-corrected chi connectivity index (χ2v) is 5.11. The van der Waals surface area contributed by atoms with E-state index >= 15 is 0 Å². The summed E-state index contributed by atoms with van der Waals surface area (Å²) in [5, 5.41) is 17.4. The topological polar surface area (TPSA) is 62.2 Å². The van der Waals surface area contributed by atoms with Gasteiger partial charge in [0.1, 0.15) is 0 Å². The van der Waals surface area contributed by atoms with Crippen molar-refractivity contribution in [1.82, 2.24) is 0 Å². The van der Waals surface area contributed by atoms with E-state index in [1.54, 1.807) is 6.92 Å². The maximum Gasteiger partial charge on any atom is 0.0745 e. The minimum atomic E-state index is -0.381. The van der Waals surface area contributed by atoms with Crippen molar-refractivity contribution >= 4 is 0 Å². The normalized spacial score (nSPS) is 13.0. The number of rotatable bonds is 5. The Balaban J connectivity index is 0.000000204. The van der Waals surface area contributed by atoms with Crippen molar-refractivity contribution in [2.45, 2.75) is 26.2 Å². The van der Waals surface area contributed by atoms with Gasteiger partial charge >= 0.3 is 0 Å². The van der Waals surface area contributed by atoms with E-state index in [9.17, 15) is 0 Å². The zero-order valence-electron chi connectivity index (χ0n) is 13.6. The number of ether oxygens (including phenoxy) is 2. The second-order valence-electron chi connectivity index (χ2n) is 5.11. The lowest BCUT2D eigenvalue weighted by molar-refractivity contribution is 0.0376. The van der Waals surface area contributed by atoms with Crippen LogP contribution in [0.15, 0.2) is 60.7 Å². The van der Waals surface area contributed by atoms with Gasteiger partial charge in [-0.15, -0.1) is 0 Å². The molecule has 1 aliphatic rings. The first-order valence-corrected chi connectivity index (χ1v) is 7.74. The number of aliphatic hydroxyl groups is 2. The van der Waals surface area contributed by atoms with Crippen molar-refractivity contribution in [2.75, 3.05) is 19.8 Å². The van der Waals surface area contributed by atoms with Gasteiger partial charge in [-0.1, -0.05) is 60.7 Å². The van der Waals surface area contributed by atoms with Gasteiger partial charge in [-0.25, -0.2) is 0 Å². The van der Waals surface area contributed by atoms with Gasteiger partial charge in [-0.2, -0.15) is 0 Å². The molecule has 0 aliphatic carbocycles. The van der Waals surface area contributed by atoms with E-state index in [1.165, 1.54) is 0 Å². The molecule has 1 atom stereocenters. The summed E-state index contributed by atoms with van der Waals surface area (Å²) in [4.78, 5) is 0. The fraction of sp³-hybridized carbons (Fsp3) is 0.368. The molecular formula is C19H26O4. The van der Waals surface area contributed by atoms with Crippen LogP contribution in [0.5, 0.6) is 0 Å². The summed E-state index contributed by atoms with van der Waals surface area (Å²) in [6, 6.07) is 19.4. The molecule has 1 unspecified atom stereocenters. The summed E-state index contributed by atoms with van der Waals surface area (Å²) in [7, 11) is 0. The van der Waals surface area contributed by atoms with Crippen molar-refractivity contribution in [3.05, 3.63) is 71.8 Å². The molecule has 1 aliphatic heterocycles. The first kappa shape index (κ1) is 19.3. The SMILES string of the molecule is C1CO1.CC(O)COCc1ccccc1.OCc1ccccc1. The van der Waals surface area contributed by atoms with Gasteiger partial charge in [-0.3, -0.25) is 0 Å². The van der Waals surface area contributed by atoms with Gasteiger partial charge in [0.25, 0.3) is 0 Å². The highest BCUT2D eigenvalue weighted by Crippen LogP contribution is 2.00. The lowest BCUT2D eigenvalue weighted by Gasteiger charge is -2.05. The van der Waals surface area contributed by atoms with E-state index in [1.807, 2.05) is 60.7 Å². The Morgan fingerprint density at radius 3 is 1.78 bits per heavy atom. The van der Waals surface area contributed by atoms with Gasteiger partial charge in [0.2, 0.25) is 0 Å². The van der Waals surface area contributed by atoms with Crippen molar-refractivity contribution in [3.8, 4) is 0 Å². The first-order valence-electron chi connectivity index (χ1n) is 7.74. The van der Waals surface area contributed by atoms with Crippen molar-refractivity contribution in [1.29, 1.82) is 0 Å².